The highest BCUT2D eigenvalue weighted by molar-refractivity contribution is 5.81. The minimum absolute atomic E-state index is 0.148. The highest BCUT2D eigenvalue weighted by Gasteiger charge is 2.21. The van der Waals surface area contributed by atoms with Crippen LogP contribution in [0, 0.1) is 13.8 Å². The van der Waals surface area contributed by atoms with Crippen molar-refractivity contribution in [2.75, 3.05) is 7.11 Å². The van der Waals surface area contributed by atoms with Crippen LogP contribution in [-0.2, 0) is 17.7 Å². The van der Waals surface area contributed by atoms with Crippen LogP contribution in [0.15, 0.2) is 52.1 Å². The van der Waals surface area contributed by atoms with E-state index in [2.05, 4.69) is 15.0 Å². The number of nitrogens with zero attached hydrogens (tertiary/aromatic N) is 3. The van der Waals surface area contributed by atoms with Crippen LogP contribution in [0.1, 0.15) is 30.5 Å². The zero-order chi connectivity index (χ0) is 22.5. The summed E-state index contributed by atoms with van der Waals surface area (Å²) in [5.74, 6) is 0.268. The number of fused-ring (bicyclic) bond motifs is 2. The summed E-state index contributed by atoms with van der Waals surface area (Å²) in [6.45, 7) is 8.45. The highest BCUT2D eigenvalue weighted by Crippen LogP contribution is 2.24. The molecular formula is C24H28N4O3. The van der Waals surface area contributed by atoms with Crippen molar-refractivity contribution in [3.63, 3.8) is 0 Å². The largest absolute Gasteiger partial charge is 0.379 e. The van der Waals surface area contributed by atoms with E-state index in [1.165, 1.54) is 0 Å². The number of ether oxygens (including phenoxy) is 1. The van der Waals surface area contributed by atoms with Gasteiger partial charge in [0, 0.05) is 13.5 Å². The fourth-order valence-electron chi connectivity index (χ4n) is 3.54. The number of aryl methyl sites for hydroxylation is 2. The summed E-state index contributed by atoms with van der Waals surface area (Å²) < 4.78 is 7.61. The van der Waals surface area contributed by atoms with E-state index >= 15 is 0 Å². The Morgan fingerprint density at radius 2 is 1.71 bits per heavy atom. The lowest BCUT2D eigenvalue weighted by atomic mass is 10.1. The second-order valence-corrected chi connectivity index (χ2v) is 7.24. The molecule has 2 aromatic rings. The summed E-state index contributed by atoms with van der Waals surface area (Å²) in [5.41, 5.74) is 3.74. The van der Waals surface area contributed by atoms with Crippen molar-refractivity contribution >= 4 is 11.0 Å². The van der Waals surface area contributed by atoms with E-state index in [1.807, 2.05) is 74.7 Å². The number of aromatic nitrogens is 4. The van der Waals surface area contributed by atoms with Crippen molar-refractivity contribution in [3.8, 4) is 11.5 Å². The Kier molecular flexibility index (Phi) is 6.97. The molecule has 1 unspecified atom stereocenters. The standard InChI is InChI=1S/C22H22N4O3.C2H6/c1-13-9-17-18(10-14(13)2)26(20-19(23-17)21(27)25-22(28)24-20)12-16(29-3)11-15-7-5-4-6-8-15;1-2/h4-10,16H,11-12H2,1-3H3,(H,25,27,28);1-2H3. The summed E-state index contributed by atoms with van der Waals surface area (Å²) in [5, 5.41) is 0. The lowest BCUT2D eigenvalue weighted by molar-refractivity contribution is 0.0890. The average molecular weight is 421 g/mol. The number of hydrogen-bond acceptors (Lipinski definition) is 5. The molecule has 2 aliphatic rings. The number of benzene rings is 2. The fourth-order valence-corrected chi connectivity index (χ4v) is 3.54. The van der Waals surface area contributed by atoms with Crippen molar-refractivity contribution in [1.29, 1.82) is 0 Å². The molecule has 0 bridgehead atoms. The molecule has 162 valence electrons. The molecule has 0 amide bonds. The van der Waals surface area contributed by atoms with Gasteiger partial charge in [0.2, 0.25) is 0 Å². The Morgan fingerprint density at radius 1 is 1.03 bits per heavy atom. The van der Waals surface area contributed by atoms with Gasteiger partial charge in [-0.25, -0.2) is 9.78 Å². The van der Waals surface area contributed by atoms with Crippen molar-refractivity contribution in [2.45, 2.75) is 46.8 Å². The van der Waals surface area contributed by atoms with Gasteiger partial charge in [0.15, 0.2) is 11.5 Å². The minimum atomic E-state index is -0.682. The molecule has 0 saturated carbocycles. The zero-order valence-electron chi connectivity index (χ0n) is 18.6. The van der Waals surface area contributed by atoms with Crippen LogP contribution in [0.2, 0.25) is 0 Å². The first kappa shape index (κ1) is 22.4. The van der Waals surface area contributed by atoms with Crippen LogP contribution >= 0.6 is 0 Å². The lowest BCUT2D eigenvalue weighted by Crippen LogP contribution is -2.31. The molecule has 2 aromatic carbocycles. The van der Waals surface area contributed by atoms with Gasteiger partial charge in [-0.1, -0.05) is 44.2 Å². The SMILES string of the molecule is CC.COC(Cc1ccccc1)Cn1c2nc(=O)[nH]c(=O)c-2nc2cc(C)c(C)cc21. The number of hydrogen-bond donors (Lipinski definition) is 1. The Labute approximate surface area is 181 Å². The summed E-state index contributed by atoms with van der Waals surface area (Å²) in [6.07, 6.45) is 0.516. The third-order valence-electron chi connectivity index (χ3n) is 5.25. The third-order valence-corrected chi connectivity index (χ3v) is 5.25. The molecule has 0 spiro atoms. The summed E-state index contributed by atoms with van der Waals surface area (Å²) in [6, 6.07) is 14.0. The van der Waals surface area contributed by atoms with Crippen molar-refractivity contribution < 1.29 is 4.74 Å². The van der Waals surface area contributed by atoms with Gasteiger partial charge in [0.1, 0.15) is 0 Å². The lowest BCUT2D eigenvalue weighted by Gasteiger charge is -2.22. The minimum Gasteiger partial charge on any atom is -0.379 e. The smallest absolute Gasteiger partial charge is 0.349 e. The number of aromatic amines is 1. The fraction of sp³-hybridized carbons (Fsp3) is 0.333. The molecule has 31 heavy (non-hydrogen) atoms. The molecule has 1 N–H and O–H groups in total. The van der Waals surface area contributed by atoms with Gasteiger partial charge >= 0.3 is 5.69 Å². The number of nitrogens with one attached hydrogen (secondary N) is 1. The summed E-state index contributed by atoms with van der Waals surface area (Å²) in [4.78, 5) is 35.1. The van der Waals surface area contributed by atoms with Crippen LogP contribution in [0.4, 0.5) is 0 Å². The Balaban J connectivity index is 0.00000132. The average Bonchev–Trinajstić information content (AvgIpc) is 2.77. The van der Waals surface area contributed by atoms with E-state index < -0.39 is 11.2 Å². The van der Waals surface area contributed by atoms with Crippen LogP contribution in [0.3, 0.4) is 0 Å². The molecule has 2 aliphatic heterocycles. The molecule has 7 heteroatoms. The van der Waals surface area contributed by atoms with E-state index in [-0.39, 0.29) is 17.6 Å². The molecule has 0 fully saturated rings. The van der Waals surface area contributed by atoms with Gasteiger partial charge in [-0.3, -0.25) is 9.78 Å². The van der Waals surface area contributed by atoms with Crippen LogP contribution in [0.5, 0.6) is 0 Å². The van der Waals surface area contributed by atoms with Crippen LogP contribution in [-0.4, -0.2) is 32.7 Å². The normalized spacial score (nSPS) is 11.9. The van der Waals surface area contributed by atoms with Crippen molar-refractivity contribution in [1.82, 2.24) is 19.5 Å². The van der Waals surface area contributed by atoms with E-state index in [1.54, 1.807) is 7.11 Å². The van der Waals surface area contributed by atoms with Gasteiger partial charge < -0.3 is 9.30 Å². The molecule has 7 nitrogen and oxygen atoms in total. The zero-order valence-corrected chi connectivity index (χ0v) is 18.6. The maximum absolute atomic E-state index is 12.4. The summed E-state index contributed by atoms with van der Waals surface area (Å²) >= 11 is 0. The van der Waals surface area contributed by atoms with Crippen LogP contribution in [0.25, 0.3) is 22.6 Å². The molecule has 4 rings (SSSR count). The molecular weight excluding hydrogens is 392 g/mol. The monoisotopic (exact) mass is 420 g/mol. The van der Waals surface area contributed by atoms with E-state index in [4.69, 9.17) is 4.74 Å². The summed E-state index contributed by atoms with van der Waals surface area (Å²) in [7, 11) is 1.66. The predicted octanol–water partition coefficient (Wildman–Crippen LogP) is 3.49. The molecule has 1 atom stereocenters. The highest BCUT2D eigenvalue weighted by atomic mass is 16.5. The topological polar surface area (TPSA) is 89.9 Å². The van der Waals surface area contributed by atoms with Gasteiger partial charge in [-0.05, 0) is 42.7 Å². The predicted molar refractivity (Wildman–Crippen MR) is 123 cm³/mol. The van der Waals surface area contributed by atoms with Gasteiger partial charge in [0.25, 0.3) is 5.56 Å². The number of methoxy groups -OCH3 is 1. The molecule has 2 heterocycles. The first-order chi connectivity index (χ1) is 15.0. The maximum Gasteiger partial charge on any atom is 0.349 e. The second-order valence-electron chi connectivity index (χ2n) is 7.24. The molecule has 0 radical (unpaired) electrons. The van der Waals surface area contributed by atoms with E-state index in [0.29, 0.717) is 18.5 Å². The molecule has 0 aromatic heterocycles. The van der Waals surface area contributed by atoms with E-state index in [9.17, 15) is 9.59 Å². The second kappa shape index (κ2) is 9.66. The third kappa shape index (κ3) is 4.72. The first-order valence-electron chi connectivity index (χ1n) is 10.4. The molecule has 0 aliphatic carbocycles. The quantitative estimate of drug-likeness (QED) is 0.499. The maximum atomic E-state index is 12.4. The first-order valence-corrected chi connectivity index (χ1v) is 10.4. The Bertz CT molecular complexity index is 1260. The Hall–Kier alpha value is -3.32. The number of H-pyrrole nitrogens is 1. The number of rotatable bonds is 5. The van der Waals surface area contributed by atoms with Gasteiger partial charge in [-0.15, -0.1) is 0 Å². The molecule has 0 saturated heterocycles. The van der Waals surface area contributed by atoms with Crippen molar-refractivity contribution in [3.05, 3.63) is 80.0 Å². The van der Waals surface area contributed by atoms with Crippen molar-refractivity contribution in [2.24, 2.45) is 0 Å². The van der Waals surface area contributed by atoms with Gasteiger partial charge in [0.05, 0.1) is 23.7 Å². The van der Waals surface area contributed by atoms with E-state index in [0.717, 1.165) is 22.2 Å². The van der Waals surface area contributed by atoms with Gasteiger partial charge in [-0.2, -0.15) is 4.98 Å². The van der Waals surface area contributed by atoms with Crippen LogP contribution < -0.4 is 11.2 Å². The Morgan fingerprint density at radius 3 is 2.39 bits per heavy atom.